The molecule has 3 atom stereocenters. The topological polar surface area (TPSA) is 37.3 Å². The molecule has 2 nitrogen and oxygen atoms in total. The van der Waals surface area contributed by atoms with E-state index in [1.165, 1.54) is 0 Å². The van der Waals surface area contributed by atoms with E-state index >= 15 is 0 Å². The first-order chi connectivity index (χ1) is 9.88. The molecule has 0 heterocycles. The van der Waals surface area contributed by atoms with E-state index in [-0.39, 0.29) is 11.8 Å². The predicted octanol–water partition coefficient (Wildman–Crippen LogP) is 5.42. The lowest BCUT2D eigenvalue weighted by molar-refractivity contribution is -0.145. The van der Waals surface area contributed by atoms with Crippen molar-refractivity contribution in [3.05, 3.63) is 33.3 Å². The van der Waals surface area contributed by atoms with Gasteiger partial charge in [-0.2, -0.15) is 0 Å². The molecule has 0 saturated heterocycles. The summed E-state index contributed by atoms with van der Waals surface area (Å²) >= 11 is 9.70. The fourth-order valence-electron chi connectivity index (χ4n) is 3.43. The summed E-state index contributed by atoms with van der Waals surface area (Å²) in [7, 11) is 0. The van der Waals surface area contributed by atoms with Gasteiger partial charge in [-0.15, -0.1) is 0 Å². The fourth-order valence-corrected chi connectivity index (χ4v) is 4.18. The number of carboxylic acids is 1. The third-order valence-corrected chi connectivity index (χ3v) is 5.63. The van der Waals surface area contributed by atoms with Crippen molar-refractivity contribution in [2.24, 2.45) is 23.7 Å². The maximum Gasteiger partial charge on any atom is 0.306 e. The van der Waals surface area contributed by atoms with Crippen LogP contribution in [0.1, 0.15) is 38.7 Å². The van der Waals surface area contributed by atoms with Gasteiger partial charge < -0.3 is 5.11 Å². The molecule has 116 valence electrons. The van der Waals surface area contributed by atoms with Crippen LogP contribution in [-0.2, 0) is 11.2 Å². The summed E-state index contributed by atoms with van der Waals surface area (Å²) in [6.07, 6.45) is 3.56. The molecule has 1 saturated carbocycles. The van der Waals surface area contributed by atoms with Crippen molar-refractivity contribution >= 4 is 33.5 Å². The molecule has 1 aliphatic rings. The van der Waals surface area contributed by atoms with Crippen LogP contribution in [0.25, 0.3) is 0 Å². The lowest BCUT2D eigenvalue weighted by atomic mass is 9.69. The van der Waals surface area contributed by atoms with Gasteiger partial charge in [0.2, 0.25) is 0 Å². The van der Waals surface area contributed by atoms with Gasteiger partial charge in [0.05, 0.1) is 5.92 Å². The third-order valence-electron chi connectivity index (χ3n) is 4.78. The molecule has 1 aromatic rings. The van der Waals surface area contributed by atoms with Crippen molar-refractivity contribution in [2.75, 3.05) is 0 Å². The maximum absolute atomic E-state index is 11.5. The zero-order chi connectivity index (χ0) is 15.6. The Labute approximate surface area is 140 Å². The molecular weight excluding hydrogens is 352 g/mol. The number of halogens is 2. The molecule has 4 heteroatoms. The molecule has 0 bridgehead atoms. The van der Waals surface area contributed by atoms with Gasteiger partial charge in [-0.25, -0.2) is 0 Å². The van der Waals surface area contributed by atoms with Crippen LogP contribution in [0.3, 0.4) is 0 Å². The number of rotatable bonds is 4. The number of benzene rings is 1. The maximum atomic E-state index is 11.5. The molecule has 0 aliphatic heterocycles. The summed E-state index contributed by atoms with van der Waals surface area (Å²) in [4.78, 5) is 11.5. The van der Waals surface area contributed by atoms with Crippen molar-refractivity contribution in [3.63, 3.8) is 0 Å². The summed E-state index contributed by atoms with van der Waals surface area (Å²) in [6, 6.07) is 5.86. The zero-order valence-corrected chi connectivity index (χ0v) is 14.8. The van der Waals surface area contributed by atoms with Crippen LogP contribution in [0.4, 0.5) is 0 Å². The van der Waals surface area contributed by atoms with E-state index < -0.39 is 5.97 Å². The number of hydrogen-bond donors (Lipinski definition) is 1. The van der Waals surface area contributed by atoms with E-state index in [4.69, 9.17) is 11.6 Å². The smallest absolute Gasteiger partial charge is 0.306 e. The summed E-state index contributed by atoms with van der Waals surface area (Å²) in [5.74, 6) is 0.528. The second kappa shape index (κ2) is 7.15. The molecular formula is C17H22BrClO2. The Balaban J connectivity index is 2.17. The first kappa shape index (κ1) is 16.8. The van der Waals surface area contributed by atoms with Crippen molar-refractivity contribution in [1.82, 2.24) is 0 Å². The van der Waals surface area contributed by atoms with Gasteiger partial charge in [-0.3, -0.25) is 4.79 Å². The lowest BCUT2D eigenvalue weighted by Gasteiger charge is -2.36. The fraction of sp³-hybridized carbons (Fsp3) is 0.588. The van der Waals surface area contributed by atoms with Gasteiger partial charge in [-0.1, -0.05) is 47.4 Å². The third kappa shape index (κ3) is 4.23. The van der Waals surface area contributed by atoms with Crippen LogP contribution in [0.2, 0.25) is 5.02 Å². The van der Waals surface area contributed by atoms with Crippen LogP contribution < -0.4 is 0 Å². The van der Waals surface area contributed by atoms with Gasteiger partial charge in [0.15, 0.2) is 0 Å². The first-order valence-electron chi connectivity index (χ1n) is 7.55. The van der Waals surface area contributed by atoms with Crippen molar-refractivity contribution in [1.29, 1.82) is 0 Å². The number of hydrogen-bond acceptors (Lipinski definition) is 1. The average Bonchev–Trinajstić information content (AvgIpc) is 2.41. The highest BCUT2D eigenvalue weighted by atomic mass is 79.9. The Bertz CT molecular complexity index is 516. The highest BCUT2D eigenvalue weighted by molar-refractivity contribution is 9.10. The summed E-state index contributed by atoms with van der Waals surface area (Å²) in [6.45, 7) is 4.46. The van der Waals surface area contributed by atoms with Crippen LogP contribution in [0.5, 0.6) is 0 Å². The largest absolute Gasteiger partial charge is 0.481 e. The minimum Gasteiger partial charge on any atom is -0.481 e. The Kier molecular flexibility index (Phi) is 5.73. The second-order valence-corrected chi connectivity index (χ2v) is 7.78. The molecule has 0 aromatic heterocycles. The van der Waals surface area contributed by atoms with E-state index in [9.17, 15) is 9.90 Å². The Morgan fingerprint density at radius 2 is 2.14 bits per heavy atom. The quantitative estimate of drug-likeness (QED) is 0.765. The van der Waals surface area contributed by atoms with Crippen LogP contribution >= 0.6 is 27.5 Å². The number of carboxylic acid groups (broad SMARTS) is 1. The molecule has 1 aliphatic carbocycles. The highest BCUT2D eigenvalue weighted by Crippen LogP contribution is 2.40. The second-order valence-electron chi connectivity index (χ2n) is 6.46. The van der Waals surface area contributed by atoms with E-state index in [2.05, 4.69) is 29.8 Å². The van der Waals surface area contributed by atoms with Crippen molar-refractivity contribution in [3.8, 4) is 0 Å². The SMILES string of the molecule is CC(C)C1CCC(C(=O)O)C(Cc2ccc(Br)cc2Cl)C1. The molecule has 1 N–H and O–H groups in total. The van der Waals surface area contributed by atoms with Gasteiger partial charge in [0, 0.05) is 9.50 Å². The standard InChI is InChI=1S/C17H22BrClO2/c1-10(2)11-4-6-15(17(20)21)13(7-11)8-12-3-5-14(18)9-16(12)19/h3,5,9-11,13,15H,4,6-8H2,1-2H3,(H,20,21). The molecule has 2 rings (SSSR count). The molecule has 1 aromatic carbocycles. The van der Waals surface area contributed by atoms with Crippen LogP contribution in [0.15, 0.2) is 22.7 Å². The highest BCUT2D eigenvalue weighted by Gasteiger charge is 2.36. The van der Waals surface area contributed by atoms with Gasteiger partial charge in [0.1, 0.15) is 0 Å². The van der Waals surface area contributed by atoms with Crippen LogP contribution in [-0.4, -0.2) is 11.1 Å². The van der Waals surface area contributed by atoms with E-state index in [0.29, 0.717) is 11.8 Å². The summed E-state index contributed by atoms with van der Waals surface area (Å²) in [5.41, 5.74) is 1.06. The molecule has 0 amide bonds. The summed E-state index contributed by atoms with van der Waals surface area (Å²) in [5, 5.41) is 10.2. The Morgan fingerprint density at radius 3 is 2.71 bits per heavy atom. The first-order valence-corrected chi connectivity index (χ1v) is 8.72. The van der Waals surface area contributed by atoms with Crippen LogP contribution in [0, 0.1) is 23.7 Å². The van der Waals surface area contributed by atoms with E-state index in [1.807, 2.05) is 18.2 Å². The Hall–Kier alpha value is -0.540. The average molecular weight is 374 g/mol. The minimum atomic E-state index is -0.657. The van der Waals surface area contributed by atoms with Gasteiger partial charge >= 0.3 is 5.97 Å². The van der Waals surface area contributed by atoms with E-state index in [0.717, 1.165) is 40.7 Å². The van der Waals surface area contributed by atoms with Crippen molar-refractivity contribution < 1.29 is 9.90 Å². The minimum absolute atomic E-state index is 0.183. The zero-order valence-electron chi connectivity index (χ0n) is 12.5. The Morgan fingerprint density at radius 1 is 1.43 bits per heavy atom. The molecule has 1 fully saturated rings. The lowest BCUT2D eigenvalue weighted by Crippen LogP contribution is -2.33. The molecule has 0 radical (unpaired) electrons. The number of aliphatic carboxylic acids is 1. The van der Waals surface area contributed by atoms with Gasteiger partial charge in [0.25, 0.3) is 0 Å². The predicted molar refractivity (Wildman–Crippen MR) is 89.7 cm³/mol. The number of carbonyl (C=O) groups is 1. The van der Waals surface area contributed by atoms with Crippen molar-refractivity contribution in [2.45, 2.75) is 39.5 Å². The van der Waals surface area contributed by atoms with E-state index in [1.54, 1.807) is 0 Å². The monoisotopic (exact) mass is 372 g/mol. The normalized spacial score (nSPS) is 26.0. The molecule has 3 unspecified atom stereocenters. The molecule has 0 spiro atoms. The summed E-state index contributed by atoms with van der Waals surface area (Å²) < 4.78 is 0.953. The molecule has 21 heavy (non-hydrogen) atoms. The van der Waals surface area contributed by atoms with Gasteiger partial charge in [-0.05, 0) is 61.1 Å².